The number of aromatic amines is 2. The molecule has 2 atom stereocenters. The van der Waals surface area contributed by atoms with E-state index in [1.54, 1.807) is 16.0 Å². The summed E-state index contributed by atoms with van der Waals surface area (Å²) in [6.45, 7) is 12.6. The monoisotopic (exact) mass is 704 g/mol. The molecule has 0 radical (unpaired) electrons. The third-order valence-corrected chi connectivity index (χ3v) is 9.48. The van der Waals surface area contributed by atoms with Crippen molar-refractivity contribution >= 4 is 12.2 Å². The Labute approximate surface area is 304 Å². The molecule has 0 aliphatic carbocycles. The number of likely N-dealkylation sites (tertiary alicyclic amines) is 2. The Morgan fingerprint density at radius 2 is 1.23 bits per heavy atom. The molecular formula is C40H48N8O4. The summed E-state index contributed by atoms with van der Waals surface area (Å²) in [7, 11) is 1.91. The Kier molecular flexibility index (Phi) is 9.18. The topological polar surface area (TPSA) is 134 Å². The maximum atomic E-state index is 13.1. The van der Waals surface area contributed by atoms with Crippen molar-refractivity contribution < 1.29 is 19.1 Å². The molecule has 52 heavy (non-hydrogen) atoms. The van der Waals surface area contributed by atoms with Gasteiger partial charge in [-0.2, -0.15) is 5.10 Å². The average molecular weight is 705 g/mol. The first-order valence-electron chi connectivity index (χ1n) is 18.1. The van der Waals surface area contributed by atoms with Crippen molar-refractivity contribution in [2.24, 2.45) is 7.05 Å². The van der Waals surface area contributed by atoms with Crippen LogP contribution in [0.1, 0.15) is 91.0 Å². The standard InChI is InChI=1S/C40H48N8O4/c1-39(2,3)51-37(49)47-22-8-10-31(47)35-41-24-29(43-35)27-16-12-25(13-17-27)26-14-18-28(19-15-26)33-34(30-20-21-42-46(30)7)45-36(44-33)32-11-9-23-48(32)38(50)52-40(4,5)6/h12-21,24,31-32H,8-11,22-23H2,1-7H3,(H,41,43)(H,44,45). The van der Waals surface area contributed by atoms with Crippen molar-refractivity contribution in [2.75, 3.05) is 13.1 Å². The zero-order valence-electron chi connectivity index (χ0n) is 31.1. The van der Waals surface area contributed by atoms with E-state index in [0.29, 0.717) is 13.1 Å². The molecule has 2 unspecified atom stereocenters. The van der Waals surface area contributed by atoms with Crippen LogP contribution in [0, 0.1) is 0 Å². The maximum Gasteiger partial charge on any atom is 0.410 e. The van der Waals surface area contributed by atoms with Crippen LogP contribution in [0.5, 0.6) is 0 Å². The van der Waals surface area contributed by atoms with Gasteiger partial charge in [-0.1, -0.05) is 48.5 Å². The average Bonchev–Trinajstić information content (AvgIpc) is 3.92. The van der Waals surface area contributed by atoms with Gasteiger partial charge in [0.25, 0.3) is 0 Å². The number of H-pyrrole nitrogens is 2. The van der Waals surface area contributed by atoms with Crippen LogP contribution in [-0.4, -0.2) is 76.0 Å². The van der Waals surface area contributed by atoms with Crippen LogP contribution in [0.4, 0.5) is 9.59 Å². The first-order valence-corrected chi connectivity index (χ1v) is 18.1. The Morgan fingerprint density at radius 1 is 0.712 bits per heavy atom. The Hall–Kier alpha value is -5.39. The summed E-state index contributed by atoms with van der Waals surface area (Å²) in [5.41, 5.74) is 6.46. The molecule has 7 rings (SSSR count). The lowest BCUT2D eigenvalue weighted by Gasteiger charge is -2.27. The van der Waals surface area contributed by atoms with E-state index in [9.17, 15) is 9.59 Å². The lowest BCUT2D eigenvalue weighted by molar-refractivity contribution is 0.0208. The number of hydrogen-bond acceptors (Lipinski definition) is 7. The summed E-state index contributed by atoms with van der Waals surface area (Å²) in [6.07, 6.45) is 6.41. The van der Waals surface area contributed by atoms with Crippen LogP contribution in [0.3, 0.4) is 0 Å². The molecule has 5 aromatic rings. The number of aryl methyl sites for hydroxylation is 1. The van der Waals surface area contributed by atoms with Crippen molar-refractivity contribution in [3.05, 3.63) is 78.6 Å². The first kappa shape index (κ1) is 35.0. The van der Waals surface area contributed by atoms with Crippen LogP contribution in [0.15, 0.2) is 67.0 Å². The number of carbonyl (C=O) groups is 2. The molecule has 2 aromatic carbocycles. The fraction of sp³-hybridized carbons (Fsp3) is 0.425. The van der Waals surface area contributed by atoms with Gasteiger partial charge in [-0.05, 0) is 90.0 Å². The number of nitrogens with zero attached hydrogens (tertiary/aromatic N) is 6. The number of amides is 2. The Morgan fingerprint density at radius 3 is 1.75 bits per heavy atom. The van der Waals surface area contributed by atoms with Gasteiger partial charge in [-0.15, -0.1) is 0 Å². The zero-order valence-corrected chi connectivity index (χ0v) is 31.1. The van der Waals surface area contributed by atoms with Crippen molar-refractivity contribution in [2.45, 2.75) is 90.5 Å². The molecule has 0 saturated carbocycles. The van der Waals surface area contributed by atoms with E-state index in [4.69, 9.17) is 14.5 Å². The van der Waals surface area contributed by atoms with E-state index in [1.807, 2.05) is 65.5 Å². The van der Waals surface area contributed by atoms with Gasteiger partial charge in [-0.25, -0.2) is 19.6 Å². The SMILES string of the molecule is Cn1nccc1-c1[nH]c(C2CCCN2C(=O)OC(C)(C)C)nc1-c1ccc(-c2ccc(-c3cnc(C4CCCN4C(=O)OC(C)(C)C)[nH]3)cc2)cc1. The van der Waals surface area contributed by atoms with Crippen LogP contribution < -0.4 is 0 Å². The molecule has 2 N–H and O–H groups in total. The molecule has 272 valence electrons. The van der Waals surface area contributed by atoms with Crippen LogP contribution in [-0.2, 0) is 16.5 Å². The molecule has 0 spiro atoms. The number of nitrogens with one attached hydrogen (secondary N) is 2. The minimum Gasteiger partial charge on any atom is -0.444 e. The van der Waals surface area contributed by atoms with Crippen molar-refractivity contribution in [3.63, 3.8) is 0 Å². The molecular weight excluding hydrogens is 656 g/mol. The molecule has 3 aromatic heterocycles. The minimum absolute atomic E-state index is 0.132. The van der Waals surface area contributed by atoms with Crippen molar-refractivity contribution in [1.82, 2.24) is 39.5 Å². The minimum atomic E-state index is -0.578. The lowest BCUT2D eigenvalue weighted by atomic mass is 10.0. The molecule has 12 nitrogen and oxygen atoms in total. The smallest absolute Gasteiger partial charge is 0.410 e. The van der Waals surface area contributed by atoms with E-state index < -0.39 is 11.2 Å². The second-order valence-electron chi connectivity index (χ2n) is 15.7. The molecule has 2 fully saturated rings. The highest BCUT2D eigenvalue weighted by Crippen LogP contribution is 2.38. The fourth-order valence-electron chi connectivity index (χ4n) is 7.06. The third kappa shape index (κ3) is 7.33. The predicted molar refractivity (Wildman–Crippen MR) is 199 cm³/mol. The normalized spacial score (nSPS) is 17.9. The van der Waals surface area contributed by atoms with Gasteiger partial charge in [0.05, 0.1) is 41.1 Å². The molecule has 2 aliphatic heterocycles. The second-order valence-corrected chi connectivity index (χ2v) is 15.7. The van der Waals surface area contributed by atoms with Crippen LogP contribution >= 0.6 is 0 Å². The van der Waals surface area contributed by atoms with Crippen molar-refractivity contribution in [3.8, 4) is 45.0 Å². The zero-order chi connectivity index (χ0) is 36.8. The van der Waals surface area contributed by atoms with Gasteiger partial charge in [-0.3, -0.25) is 14.5 Å². The number of carbonyl (C=O) groups excluding carboxylic acids is 2. The van der Waals surface area contributed by atoms with E-state index in [0.717, 1.165) is 82.4 Å². The summed E-state index contributed by atoms with van der Waals surface area (Å²) < 4.78 is 13.2. The number of rotatable bonds is 6. The molecule has 2 aliphatic rings. The van der Waals surface area contributed by atoms with Crippen LogP contribution in [0.2, 0.25) is 0 Å². The largest absolute Gasteiger partial charge is 0.444 e. The summed E-state index contributed by atoms with van der Waals surface area (Å²) in [4.78, 5) is 46.3. The molecule has 0 bridgehead atoms. The molecule has 2 amide bonds. The highest BCUT2D eigenvalue weighted by atomic mass is 16.6. The fourth-order valence-corrected chi connectivity index (χ4v) is 7.06. The number of aromatic nitrogens is 6. The van der Waals surface area contributed by atoms with E-state index in [-0.39, 0.29) is 24.3 Å². The lowest BCUT2D eigenvalue weighted by Crippen LogP contribution is -2.36. The number of imidazole rings is 2. The number of benzene rings is 2. The van der Waals surface area contributed by atoms with Crippen LogP contribution in [0.25, 0.3) is 45.0 Å². The summed E-state index contributed by atoms with van der Waals surface area (Å²) in [5.74, 6) is 1.51. The first-order chi connectivity index (χ1) is 24.7. The van der Waals surface area contributed by atoms with Gasteiger partial charge in [0, 0.05) is 31.9 Å². The summed E-state index contributed by atoms with van der Waals surface area (Å²) in [6, 6.07) is 18.4. The van der Waals surface area contributed by atoms with Gasteiger partial charge in [0.1, 0.15) is 22.9 Å². The van der Waals surface area contributed by atoms with E-state index >= 15 is 0 Å². The molecule has 5 heterocycles. The van der Waals surface area contributed by atoms with E-state index in [1.165, 1.54) is 0 Å². The van der Waals surface area contributed by atoms with Gasteiger partial charge in [0.2, 0.25) is 0 Å². The Bertz CT molecular complexity index is 2050. The summed E-state index contributed by atoms with van der Waals surface area (Å²) in [5, 5.41) is 4.40. The quantitative estimate of drug-likeness (QED) is 0.181. The third-order valence-electron chi connectivity index (χ3n) is 9.48. The predicted octanol–water partition coefficient (Wildman–Crippen LogP) is 8.68. The molecule has 2 saturated heterocycles. The summed E-state index contributed by atoms with van der Waals surface area (Å²) >= 11 is 0. The Balaban J connectivity index is 1.10. The number of hydrogen-bond donors (Lipinski definition) is 2. The van der Waals surface area contributed by atoms with E-state index in [2.05, 4.69) is 68.6 Å². The van der Waals surface area contributed by atoms with Gasteiger partial charge < -0.3 is 19.4 Å². The maximum absolute atomic E-state index is 13.1. The van der Waals surface area contributed by atoms with Gasteiger partial charge in [0.15, 0.2) is 0 Å². The second kappa shape index (κ2) is 13.6. The highest BCUT2D eigenvalue weighted by molar-refractivity contribution is 5.79. The number of ether oxygens (including phenoxy) is 2. The molecule has 12 heteroatoms. The van der Waals surface area contributed by atoms with Gasteiger partial charge >= 0.3 is 12.2 Å². The highest BCUT2D eigenvalue weighted by Gasteiger charge is 2.37. The van der Waals surface area contributed by atoms with Crippen molar-refractivity contribution in [1.29, 1.82) is 0 Å².